The molecule has 1 aliphatic heterocycles. The van der Waals surface area contributed by atoms with E-state index in [0.29, 0.717) is 26.2 Å². The van der Waals surface area contributed by atoms with E-state index in [0.717, 1.165) is 23.3 Å². The van der Waals surface area contributed by atoms with Crippen molar-refractivity contribution in [2.45, 2.75) is 6.54 Å². The lowest BCUT2D eigenvalue weighted by molar-refractivity contribution is 0.142. The van der Waals surface area contributed by atoms with Crippen molar-refractivity contribution < 1.29 is 9.90 Å². The first-order valence-corrected chi connectivity index (χ1v) is 8.43. The van der Waals surface area contributed by atoms with Gasteiger partial charge in [-0.1, -0.05) is 30.3 Å². The van der Waals surface area contributed by atoms with Crippen molar-refractivity contribution in [3.05, 3.63) is 60.4 Å². The molecular formula is C19H20N4O2. The summed E-state index contributed by atoms with van der Waals surface area (Å²) in [6.07, 6.45) is 3.08. The predicted octanol–water partition coefficient (Wildman–Crippen LogP) is 2.88. The highest BCUT2D eigenvalue weighted by molar-refractivity contribution is 5.90. The lowest BCUT2D eigenvalue weighted by Gasteiger charge is -2.34. The molecule has 6 heteroatoms. The number of rotatable bonds is 3. The number of nitrogens with zero attached hydrogens (tertiary/aromatic N) is 4. The first-order valence-electron chi connectivity index (χ1n) is 8.43. The third-order valence-corrected chi connectivity index (χ3v) is 4.72. The summed E-state index contributed by atoms with van der Waals surface area (Å²) in [5, 5.41) is 10.2. The zero-order valence-electron chi connectivity index (χ0n) is 13.9. The fourth-order valence-electron chi connectivity index (χ4n) is 3.39. The number of aromatic nitrogens is 2. The van der Waals surface area contributed by atoms with E-state index >= 15 is 0 Å². The first kappa shape index (κ1) is 15.5. The van der Waals surface area contributed by atoms with Gasteiger partial charge in [0, 0.05) is 50.5 Å². The average molecular weight is 336 g/mol. The molecule has 128 valence electrons. The maximum atomic E-state index is 11.1. The smallest absolute Gasteiger partial charge is 0.407 e. The van der Waals surface area contributed by atoms with Gasteiger partial charge in [0.25, 0.3) is 0 Å². The van der Waals surface area contributed by atoms with E-state index in [1.54, 1.807) is 0 Å². The summed E-state index contributed by atoms with van der Waals surface area (Å²) >= 11 is 0. The Bertz CT molecular complexity index is 883. The predicted molar refractivity (Wildman–Crippen MR) is 97.1 cm³/mol. The van der Waals surface area contributed by atoms with Crippen LogP contribution in [-0.4, -0.2) is 51.8 Å². The van der Waals surface area contributed by atoms with Crippen LogP contribution in [0.1, 0.15) is 5.56 Å². The minimum absolute atomic E-state index is 0.512. The van der Waals surface area contributed by atoms with Crippen LogP contribution in [0.3, 0.4) is 0 Å². The Labute approximate surface area is 145 Å². The summed E-state index contributed by atoms with van der Waals surface area (Å²) < 4.78 is 2.23. The fraction of sp³-hybridized carbons (Fsp3) is 0.263. The fourth-order valence-corrected chi connectivity index (χ4v) is 3.39. The van der Waals surface area contributed by atoms with Crippen LogP contribution < -0.4 is 4.90 Å². The Morgan fingerprint density at radius 1 is 1.04 bits per heavy atom. The third-order valence-electron chi connectivity index (χ3n) is 4.72. The summed E-state index contributed by atoms with van der Waals surface area (Å²) in [5.41, 5.74) is 2.41. The molecule has 25 heavy (non-hydrogen) atoms. The molecule has 2 aromatic heterocycles. The molecule has 3 heterocycles. The first-order chi connectivity index (χ1) is 12.2. The van der Waals surface area contributed by atoms with E-state index < -0.39 is 6.09 Å². The molecule has 0 atom stereocenters. The van der Waals surface area contributed by atoms with Crippen LogP contribution in [0.5, 0.6) is 0 Å². The van der Waals surface area contributed by atoms with Gasteiger partial charge in [0.2, 0.25) is 0 Å². The zero-order valence-corrected chi connectivity index (χ0v) is 13.9. The van der Waals surface area contributed by atoms with Crippen molar-refractivity contribution in [2.24, 2.45) is 0 Å². The third kappa shape index (κ3) is 3.03. The summed E-state index contributed by atoms with van der Waals surface area (Å²) in [5.74, 6) is 0.939. The topological polar surface area (TPSA) is 61.6 Å². The summed E-state index contributed by atoms with van der Waals surface area (Å²) in [7, 11) is 0. The number of benzene rings is 1. The van der Waals surface area contributed by atoms with Gasteiger partial charge in [-0.05, 0) is 17.7 Å². The number of hydrogen-bond donors (Lipinski definition) is 1. The summed E-state index contributed by atoms with van der Waals surface area (Å²) in [6.45, 7) is 3.18. The molecule has 0 spiro atoms. The second kappa shape index (κ2) is 6.47. The molecule has 0 saturated carbocycles. The Morgan fingerprint density at radius 3 is 2.52 bits per heavy atom. The Morgan fingerprint density at radius 2 is 1.80 bits per heavy atom. The summed E-state index contributed by atoms with van der Waals surface area (Å²) in [6, 6.07) is 14.5. The van der Waals surface area contributed by atoms with Gasteiger partial charge < -0.3 is 19.5 Å². The Hall–Kier alpha value is -3.02. The maximum Gasteiger partial charge on any atom is 0.407 e. The number of fused-ring (bicyclic) bond motifs is 1. The maximum absolute atomic E-state index is 11.1. The van der Waals surface area contributed by atoms with E-state index in [1.807, 2.05) is 18.3 Å². The van der Waals surface area contributed by atoms with E-state index in [1.165, 1.54) is 10.5 Å². The quantitative estimate of drug-likeness (QED) is 0.799. The van der Waals surface area contributed by atoms with Crippen LogP contribution in [0.4, 0.5) is 10.6 Å². The molecular weight excluding hydrogens is 316 g/mol. The van der Waals surface area contributed by atoms with E-state index in [2.05, 4.69) is 51.0 Å². The molecule has 3 aromatic rings. The number of piperazine rings is 1. The average Bonchev–Trinajstić information content (AvgIpc) is 3.06. The van der Waals surface area contributed by atoms with Crippen LogP contribution in [0.25, 0.3) is 10.9 Å². The Balaban J connectivity index is 1.60. The van der Waals surface area contributed by atoms with Crippen molar-refractivity contribution in [1.29, 1.82) is 0 Å². The standard InChI is InChI=1S/C19H20N4O2/c24-19(25)22-12-10-21(11-13-22)18-16-7-9-23(17(16)6-8-20-18)14-15-4-2-1-3-5-15/h1-9H,10-14H2,(H,24,25). The zero-order chi connectivity index (χ0) is 17.2. The highest BCUT2D eigenvalue weighted by atomic mass is 16.4. The van der Waals surface area contributed by atoms with E-state index in [4.69, 9.17) is 5.11 Å². The van der Waals surface area contributed by atoms with Gasteiger partial charge in [0.05, 0.1) is 5.52 Å². The lowest BCUT2D eigenvalue weighted by Crippen LogP contribution is -2.48. The van der Waals surface area contributed by atoms with E-state index in [-0.39, 0.29) is 0 Å². The molecule has 1 aromatic carbocycles. The van der Waals surface area contributed by atoms with Crippen molar-refractivity contribution in [1.82, 2.24) is 14.5 Å². The van der Waals surface area contributed by atoms with Crippen LogP contribution >= 0.6 is 0 Å². The minimum atomic E-state index is -0.847. The highest BCUT2D eigenvalue weighted by Crippen LogP contribution is 2.27. The molecule has 1 amide bonds. The van der Waals surface area contributed by atoms with Gasteiger partial charge in [0.15, 0.2) is 0 Å². The molecule has 0 bridgehead atoms. The number of carboxylic acid groups (broad SMARTS) is 1. The van der Waals surface area contributed by atoms with Gasteiger partial charge in [-0.3, -0.25) is 0 Å². The van der Waals surface area contributed by atoms with Crippen LogP contribution in [0, 0.1) is 0 Å². The number of hydrogen-bond acceptors (Lipinski definition) is 3. The van der Waals surface area contributed by atoms with Crippen LogP contribution in [0.2, 0.25) is 0 Å². The van der Waals surface area contributed by atoms with Crippen LogP contribution in [0.15, 0.2) is 54.9 Å². The molecule has 6 nitrogen and oxygen atoms in total. The van der Waals surface area contributed by atoms with Gasteiger partial charge in [-0.25, -0.2) is 9.78 Å². The monoisotopic (exact) mass is 336 g/mol. The largest absolute Gasteiger partial charge is 0.465 e. The molecule has 1 saturated heterocycles. The van der Waals surface area contributed by atoms with Crippen molar-refractivity contribution in [2.75, 3.05) is 31.1 Å². The van der Waals surface area contributed by atoms with Gasteiger partial charge >= 0.3 is 6.09 Å². The number of pyridine rings is 1. The normalized spacial score (nSPS) is 14.9. The molecule has 1 N–H and O–H groups in total. The van der Waals surface area contributed by atoms with Gasteiger partial charge in [-0.2, -0.15) is 0 Å². The molecule has 0 radical (unpaired) electrons. The molecule has 1 aliphatic rings. The molecule has 0 aliphatic carbocycles. The van der Waals surface area contributed by atoms with Crippen molar-refractivity contribution in [3.8, 4) is 0 Å². The van der Waals surface area contributed by atoms with Crippen LogP contribution in [-0.2, 0) is 6.54 Å². The lowest BCUT2D eigenvalue weighted by atomic mass is 10.2. The molecule has 1 fully saturated rings. The van der Waals surface area contributed by atoms with E-state index in [9.17, 15) is 4.79 Å². The molecule has 0 unspecified atom stereocenters. The second-order valence-corrected chi connectivity index (χ2v) is 6.25. The number of amides is 1. The number of anilines is 1. The summed E-state index contributed by atoms with van der Waals surface area (Å²) in [4.78, 5) is 19.3. The number of carbonyl (C=O) groups is 1. The molecule has 4 rings (SSSR count). The minimum Gasteiger partial charge on any atom is -0.465 e. The highest BCUT2D eigenvalue weighted by Gasteiger charge is 2.22. The van der Waals surface area contributed by atoms with Gasteiger partial charge in [-0.15, -0.1) is 0 Å². The SMILES string of the molecule is O=C(O)N1CCN(c2nccc3c2ccn3Cc2ccccc2)CC1. The van der Waals surface area contributed by atoms with Crippen molar-refractivity contribution >= 4 is 22.8 Å². The van der Waals surface area contributed by atoms with Crippen molar-refractivity contribution in [3.63, 3.8) is 0 Å². The second-order valence-electron chi connectivity index (χ2n) is 6.25. The van der Waals surface area contributed by atoms with Gasteiger partial charge in [0.1, 0.15) is 5.82 Å². The Kier molecular flexibility index (Phi) is 4.01.